The van der Waals surface area contributed by atoms with E-state index in [-0.39, 0.29) is 32.0 Å². The molecule has 0 aromatic carbocycles. The molecule has 0 N–H and O–H groups in total. The maximum atomic E-state index is 12.7. The van der Waals surface area contributed by atoms with Gasteiger partial charge in [0.05, 0.1) is 27.7 Å². The van der Waals surface area contributed by atoms with Crippen LogP contribution in [0.2, 0.25) is 0 Å². The Morgan fingerprint density at radius 1 is 0.415 bits per heavy atom. The summed E-state index contributed by atoms with van der Waals surface area (Å²) >= 11 is 0. The molecule has 0 bridgehead atoms. The lowest BCUT2D eigenvalue weighted by molar-refractivity contribution is -0.870. The van der Waals surface area contributed by atoms with E-state index in [4.69, 9.17) is 18.5 Å². The molecule has 65 heavy (non-hydrogen) atoms. The average Bonchev–Trinajstić information content (AvgIpc) is 3.26. The Labute approximate surface area is 404 Å². The summed E-state index contributed by atoms with van der Waals surface area (Å²) in [7, 11) is 1.18. The van der Waals surface area contributed by atoms with E-state index in [0.29, 0.717) is 17.4 Å². The van der Waals surface area contributed by atoms with Crippen molar-refractivity contribution in [1.82, 2.24) is 0 Å². The van der Waals surface area contributed by atoms with Crippen molar-refractivity contribution in [2.75, 3.05) is 47.5 Å². The Balaban J connectivity index is 3.76. The summed E-state index contributed by atoms with van der Waals surface area (Å²) in [5.74, 6) is -0.828. The third-order valence-corrected chi connectivity index (χ3v) is 13.8. The van der Waals surface area contributed by atoms with Gasteiger partial charge in [0.1, 0.15) is 19.8 Å². The number of hydrogen-bond donors (Lipinski definition) is 0. The standard InChI is InChI=1S/C55H110NO8P/c1-6-8-10-12-14-15-16-17-18-19-20-21-22-23-24-25-26-27-28-29-30-31-32-33-34-35-36-37-38-39-40-41-42-44-46-48-55(58)64-53(51-61-54(57)47-45-43-13-11-9-7-2)52-63-65(59,60)62-50-49-56(3,4)5/h53H,6-52H2,1-5H3. The zero-order valence-electron chi connectivity index (χ0n) is 44.0. The number of carbonyl (C=O) groups is 2. The molecule has 0 fully saturated rings. The van der Waals surface area contributed by atoms with Crippen LogP contribution in [0.5, 0.6) is 0 Å². The number of unbranched alkanes of at least 4 members (excludes halogenated alkanes) is 39. The molecular formula is C55H110NO8P. The van der Waals surface area contributed by atoms with Crippen LogP contribution in [-0.4, -0.2) is 70.0 Å². The van der Waals surface area contributed by atoms with Gasteiger partial charge in [-0.25, -0.2) is 0 Å². The first-order valence-corrected chi connectivity index (χ1v) is 29.7. The Kier molecular flexibility index (Phi) is 47.3. The number of likely N-dealkylation sites (N-methyl/N-ethyl adjacent to an activating group) is 1. The van der Waals surface area contributed by atoms with Crippen LogP contribution in [-0.2, 0) is 32.7 Å². The third kappa shape index (κ3) is 52.2. The molecule has 2 atom stereocenters. The molecule has 0 aromatic heterocycles. The minimum Gasteiger partial charge on any atom is -0.756 e. The monoisotopic (exact) mass is 944 g/mol. The van der Waals surface area contributed by atoms with Gasteiger partial charge >= 0.3 is 11.9 Å². The first-order valence-electron chi connectivity index (χ1n) is 28.2. The van der Waals surface area contributed by atoms with E-state index in [9.17, 15) is 19.0 Å². The molecule has 0 aliphatic heterocycles. The van der Waals surface area contributed by atoms with Crippen molar-refractivity contribution in [3.8, 4) is 0 Å². The number of phosphoric acid groups is 1. The van der Waals surface area contributed by atoms with E-state index < -0.39 is 26.5 Å². The number of ether oxygens (including phenoxy) is 2. The van der Waals surface area contributed by atoms with Crippen LogP contribution in [0, 0.1) is 0 Å². The van der Waals surface area contributed by atoms with Gasteiger partial charge in [0.15, 0.2) is 6.10 Å². The maximum absolute atomic E-state index is 12.7. The second-order valence-electron chi connectivity index (χ2n) is 20.7. The van der Waals surface area contributed by atoms with Gasteiger partial charge in [-0.2, -0.15) is 0 Å². The predicted molar refractivity (Wildman–Crippen MR) is 273 cm³/mol. The molecule has 0 aromatic rings. The summed E-state index contributed by atoms with van der Waals surface area (Å²) in [4.78, 5) is 37.4. The fourth-order valence-corrected chi connectivity index (χ4v) is 9.21. The van der Waals surface area contributed by atoms with Crippen molar-refractivity contribution in [1.29, 1.82) is 0 Å². The van der Waals surface area contributed by atoms with Crippen LogP contribution in [0.4, 0.5) is 0 Å². The van der Waals surface area contributed by atoms with Crippen LogP contribution in [0.25, 0.3) is 0 Å². The quantitative estimate of drug-likeness (QED) is 0.0257. The summed E-state index contributed by atoms with van der Waals surface area (Å²) < 4.78 is 33.8. The van der Waals surface area contributed by atoms with E-state index in [1.807, 2.05) is 21.1 Å². The van der Waals surface area contributed by atoms with Gasteiger partial charge in [-0.3, -0.25) is 14.2 Å². The summed E-state index contributed by atoms with van der Waals surface area (Å²) in [6, 6.07) is 0. The van der Waals surface area contributed by atoms with E-state index >= 15 is 0 Å². The number of nitrogens with zero attached hydrogens (tertiary/aromatic N) is 1. The number of phosphoric ester groups is 1. The first-order chi connectivity index (χ1) is 31.5. The third-order valence-electron chi connectivity index (χ3n) is 12.9. The Bertz CT molecular complexity index is 1070. The number of rotatable bonds is 53. The molecule has 388 valence electrons. The van der Waals surface area contributed by atoms with Crippen molar-refractivity contribution in [3.63, 3.8) is 0 Å². The van der Waals surface area contributed by atoms with Crippen LogP contribution in [0.15, 0.2) is 0 Å². The topological polar surface area (TPSA) is 111 Å². The second kappa shape index (κ2) is 48.1. The predicted octanol–water partition coefficient (Wildman–Crippen LogP) is 16.5. The second-order valence-corrected chi connectivity index (χ2v) is 22.1. The molecule has 0 amide bonds. The Morgan fingerprint density at radius 3 is 0.985 bits per heavy atom. The highest BCUT2D eigenvalue weighted by molar-refractivity contribution is 7.45. The van der Waals surface area contributed by atoms with Crippen LogP contribution >= 0.6 is 7.82 Å². The molecule has 0 rings (SSSR count). The first kappa shape index (κ1) is 64.0. The van der Waals surface area contributed by atoms with E-state index in [2.05, 4.69) is 13.8 Å². The zero-order chi connectivity index (χ0) is 47.8. The Morgan fingerprint density at radius 2 is 0.692 bits per heavy atom. The molecule has 0 saturated heterocycles. The highest BCUT2D eigenvalue weighted by Gasteiger charge is 2.22. The average molecular weight is 944 g/mol. The van der Waals surface area contributed by atoms with Gasteiger partial charge < -0.3 is 27.9 Å². The van der Waals surface area contributed by atoms with Crippen molar-refractivity contribution in [3.05, 3.63) is 0 Å². The molecule has 9 nitrogen and oxygen atoms in total. The van der Waals surface area contributed by atoms with E-state index in [1.54, 1.807) is 0 Å². The molecule has 0 heterocycles. The zero-order valence-corrected chi connectivity index (χ0v) is 44.9. The summed E-state index contributed by atoms with van der Waals surface area (Å²) in [6.07, 6.45) is 53.7. The molecule has 0 radical (unpaired) electrons. The van der Waals surface area contributed by atoms with Crippen LogP contribution in [0.1, 0.15) is 290 Å². The Hall–Kier alpha value is -0.990. The largest absolute Gasteiger partial charge is 0.756 e. The van der Waals surface area contributed by atoms with Crippen LogP contribution < -0.4 is 4.89 Å². The maximum Gasteiger partial charge on any atom is 0.306 e. The molecule has 0 saturated carbocycles. The van der Waals surface area contributed by atoms with Gasteiger partial charge in [0.2, 0.25) is 0 Å². The van der Waals surface area contributed by atoms with Crippen molar-refractivity contribution in [2.45, 2.75) is 296 Å². The SMILES string of the molecule is CCCCCCCCCCCCCCCCCCCCCCCCCCCCCCCCCCCCCC(=O)OC(COC(=O)CCCCCCCC)COP(=O)([O-])OCC[N+](C)(C)C. The van der Waals surface area contributed by atoms with Gasteiger partial charge in [-0.1, -0.05) is 264 Å². The smallest absolute Gasteiger partial charge is 0.306 e. The van der Waals surface area contributed by atoms with E-state index in [1.165, 1.54) is 218 Å². The minimum atomic E-state index is -4.61. The summed E-state index contributed by atoms with van der Waals surface area (Å²) in [6.45, 7) is 4.21. The van der Waals surface area contributed by atoms with Gasteiger partial charge in [-0.15, -0.1) is 0 Å². The van der Waals surface area contributed by atoms with Crippen molar-refractivity contribution >= 4 is 19.8 Å². The summed E-state index contributed by atoms with van der Waals surface area (Å²) in [5.41, 5.74) is 0. The lowest BCUT2D eigenvalue weighted by Crippen LogP contribution is -2.37. The van der Waals surface area contributed by atoms with Crippen LogP contribution in [0.3, 0.4) is 0 Å². The summed E-state index contributed by atoms with van der Waals surface area (Å²) in [5, 5.41) is 0. The normalized spacial score (nSPS) is 13.3. The lowest BCUT2D eigenvalue weighted by Gasteiger charge is -2.28. The highest BCUT2D eigenvalue weighted by Crippen LogP contribution is 2.38. The molecular weight excluding hydrogens is 834 g/mol. The fourth-order valence-electron chi connectivity index (χ4n) is 8.48. The number of esters is 2. The lowest BCUT2D eigenvalue weighted by atomic mass is 10.0. The molecule has 0 spiro atoms. The highest BCUT2D eigenvalue weighted by atomic mass is 31.2. The molecule has 10 heteroatoms. The molecule has 0 aliphatic rings. The number of carbonyl (C=O) groups excluding carboxylic acids is 2. The van der Waals surface area contributed by atoms with Gasteiger partial charge in [0, 0.05) is 12.8 Å². The number of quaternary nitrogens is 1. The van der Waals surface area contributed by atoms with Crippen molar-refractivity contribution in [2.24, 2.45) is 0 Å². The fraction of sp³-hybridized carbons (Fsp3) is 0.964. The number of hydrogen-bond acceptors (Lipinski definition) is 8. The van der Waals surface area contributed by atoms with Gasteiger partial charge in [0.25, 0.3) is 7.82 Å². The molecule has 0 aliphatic carbocycles. The van der Waals surface area contributed by atoms with Crippen molar-refractivity contribution < 1.29 is 42.1 Å². The van der Waals surface area contributed by atoms with Gasteiger partial charge in [-0.05, 0) is 12.8 Å². The minimum absolute atomic E-state index is 0.0261. The molecule has 2 unspecified atom stereocenters. The van der Waals surface area contributed by atoms with E-state index in [0.717, 1.165) is 38.5 Å².